The maximum Gasteiger partial charge on any atom is 0.148 e. The predicted molar refractivity (Wildman–Crippen MR) is 80.5 cm³/mol. The first-order valence-electron chi connectivity index (χ1n) is 6.30. The van der Waals surface area contributed by atoms with Crippen LogP contribution in [-0.2, 0) is 13.6 Å². The standard InChI is InChI=1S/C14H19ClN4/c1-9(2)13-12(16)14(19(3)18-13)17-8-10-6-4-5-7-11(10)15/h4-7,9,17H,8,16H2,1-3H3. The van der Waals surface area contributed by atoms with Crippen molar-refractivity contribution in [2.24, 2.45) is 7.05 Å². The zero-order valence-electron chi connectivity index (χ0n) is 11.4. The van der Waals surface area contributed by atoms with Crippen molar-refractivity contribution in [2.45, 2.75) is 26.3 Å². The number of nitrogens with one attached hydrogen (secondary N) is 1. The minimum Gasteiger partial charge on any atom is -0.394 e. The third-order valence-electron chi connectivity index (χ3n) is 3.06. The number of halogens is 1. The van der Waals surface area contributed by atoms with Gasteiger partial charge in [-0.2, -0.15) is 5.10 Å². The van der Waals surface area contributed by atoms with Gasteiger partial charge in [0.2, 0.25) is 0 Å². The second-order valence-corrected chi connectivity index (χ2v) is 5.28. The lowest BCUT2D eigenvalue weighted by molar-refractivity contribution is 0.715. The highest BCUT2D eigenvalue weighted by molar-refractivity contribution is 6.31. The molecule has 0 fully saturated rings. The van der Waals surface area contributed by atoms with Crippen LogP contribution in [0.1, 0.15) is 31.0 Å². The average molecular weight is 279 g/mol. The van der Waals surface area contributed by atoms with Crippen LogP contribution >= 0.6 is 11.6 Å². The zero-order chi connectivity index (χ0) is 14.0. The largest absolute Gasteiger partial charge is 0.394 e. The molecule has 0 radical (unpaired) electrons. The van der Waals surface area contributed by atoms with Crippen LogP contribution in [0.2, 0.25) is 5.02 Å². The van der Waals surface area contributed by atoms with Gasteiger partial charge in [-0.05, 0) is 17.5 Å². The van der Waals surface area contributed by atoms with Crippen LogP contribution in [0.25, 0.3) is 0 Å². The van der Waals surface area contributed by atoms with E-state index in [9.17, 15) is 0 Å². The minimum absolute atomic E-state index is 0.307. The molecule has 5 heteroatoms. The molecule has 2 rings (SSSR count). The van der Waals surface area contributed by atoms with E-state index in [1.807, 2.05) is 31.3 Å². The van der Waals surface area contributed by atoms with Gasteiger partial charge in [0.15, 0.2) is 0 Å². The fourth-order valence-electron chi connectivity index (χ4n) is 2.02. The number of hydrogen-bond donors (Lipinski definition) is 2. The maximum atomic E-state index is 6.13. The molecule has 1 aromatic carbocycles. The van der Waals surface area contributed by atoms with Crippen molar-refractivity contribution in [1.82, 2.24) is 9.78 Å². The monoisotopic (exact) mass is 278 g/mol. The van der Waals surface area contributed by atoms with Crippen molar-refractivity contribution in [3.63, 3.8) is 0 Å². The molecule has 0 aliphatic heterocycles. The molecule has 0 saturated carbocycles. The fraction of sp³-hybridized carbons (Fsp3) is 0.357. The molecule has 4 nitrogen and oxygen atoms in total. The molecule has 3 N–H and O–H groups in total. The molecule has 19 heavy (non-hydrogen) atoms. The quantitative estimate of drug-likeness (QED) is 0.901. The topological polar surface area (TPSA) is 55.9 Å². The van der Waals surface area contributed by atoms with Gasteiger partial charge in [-0.25, -0.2) is 0 Å². The molecule has 1 aromatic heterocycles. The number of hydrogen-bond acceptors (Lipinski definition) is 3. The summed E-state index contributed by atoms with van der Waals surface area (Å²) in [5.74, 6) is 1.14. The summed E-state index contributed by atoms with van der Waals surface area (Å²) in [6, 6.07) is 7.76. The normalized spacial score (nSPS) is 11.0. The predicted octanol–water partition coefficient (Wildman–Crippen LogP) is 3.39. The van der Waals surface area contributed by atoms with E-state index in [1.165, 1.54) is 0 Å². The summed E-state index contributed by atoms with van der Waals surface area (Å²) in [7, 11) is 1.89. The molecule has 102 valence electrons. The van der Waals surface area contributed by atoms with Crippen molar-refractivity contribution in [3.05, 3.63) is 40.5 Å². The van der Waals surface area contributed by atoms with Crippen molar-refractivity contribution in [3.8, 4) is 0 Å². The highest BCUT2D eigenvalue weighted by Crippen LogP contribution is 2.28. The Hall–Kier alpha value is -1.68. The molecule has 1 heterocycles. The number of benzene rings is 1. The van der Waals surface area contributed by atoms with E-state index in [1.54, 1.807) is 4.68 Å². The molecular weight excluding hydrogens is 260 g/mol. The van der Waals surface area contributed by atoms with Gasteiger partial charge >= 0.3 is 0 Å². The van der Waals surface area contributed by atoms with Crippen molar-refractivity contribution in [1.29, 1.82) is 0 Å². The Labute approximate surface area is 118 Å². The van der Waals surface area contributed by atoms with Gasteiger partial charge in [-0.3, -0.25) is 4.68 Å². The Balaban J connectivity index is 2.19. The number of nitrogens with zero attached hydrogens (tertiary/aromatic N) is 2. The highest BCUT2D eigenvalue weighted by atomic mass is 35.5. The summed E-state index contributed by atoms with van der Waals surface area (Å²) in [5.41, 5.74) is 8.80. The number of rotatable bonds is 4. The number of aryl methyl sites for hydroxylation is 1. The SMILES string of the molecule is CC(C)c1nn(C)c(NCc2ccccc2Cl)c1N. The molecule has 2 aromatic rings. The van der Waals surface area contributed by atoms with Crippen LogP contribution in [0.5, 0.6) is 0 Å². The van der Waals surface area contributed by atoms with E-state index >= 15 is 0 Å². The van der Waals surface area contributed by atoms with Gasteiger partial charge in [0.05, 0.1) is 11.4 Å². The lowest BCUT2D eigenvalue weighted by atomic mass is 10.1. The van der Waals surface area contributed by atoms with E-state index in [0.717, 1.165) is 22.1 Å². The number of anilines is 2. The summed E-state index contributed by atoms with van der Waals surface area (Å²) in [6.45, 7) is 4.79. The first-order chi connectivity index (χ1) is 9.00. The third kappa shape index (κ3) is 2.84. The minimum atomic E-state index is 0.307. The average Bonchev–Trinajstić information content (AvgIpc) is 2.65. The van der Waals surface area contributed by atoms with E-state index in [2.05, 4.69) is 24.3 Å². The summed E-state index contributed by atoms with van der Waals surface area (Å²) in [6.07, 6.45) is 0. The summed E-state index contributed by atoms with van der Waals surface area (Å²) in [5, 5.41) is 8.50. The van der Waals surface area contributed by atoms with Crippen LogP contribution in [-0.4, -0.2) is 9.78 Å². The molecular formula is C14H19ClN4. The van der Waals surface area contributed by atoms with E-state index < -0.39 is 0 Å². The van der Waals surface area contributed by atoms with Crippen molar-refractivity contribution >= 4 is 23.1 Å². The molecule has 0 aliphatic carbocycles. The number of nitrogen functional groups attached to an aromatic ring is 1. The Morgan fingerprint density at radius 1 is 1.37 bits per heavy atom. The van der Waals surface area contributed by atoms with Crippen LogP contribution in [0.3, 0.4) is 0 Å². The third-order valence-corrected chi connectivity index (χ3v) is 3.43. The summed E-state index contributed by atoms with van der Waals surface area (Å²) in [4.78, 5) is 0. The molecule has 0 amide bonds. The molecule has 0 unspecified atom stereocenters. The first-order valence-corrected chi connectivity index (χ1v) is 6.68. The maximum absolute atomic E-state index is 6.13. The van der Waals surface area contributed by atoms with E-state index in [0.29, 0.717) is 18.2 Å². The Morgan fingerprint density at radius 3 is 2.63 bits per heavy atom. The van der Waals surface area contributed by atoms with Crippen molar-refractivity contribution < 1.29 is 0 Å². The Morgan fingerprint density at radius 2 is 2.05 bits per heavy atom. The van der Waals surface area contributed by atoms with Crippen LogP contribution in [0.15, 0.2) is 24.3 Å². The van der Waals surface area contributed by atoms with Crippen LogP contribution in [0.4, 0.5) is 11.5 Å². The van der Waals surface area contributed by atoms with Gasteiger partial charge in [0.25, 0.3) is 0 Å². The van der Waals surface area contributed by atoms with Gasteiger partial charge in [0, 0.05) is 18.6 Å². The van der Waals surface area contributed by atoms with E-state index in [-0.39, 0.29) is 0 Å². The van der Waals surface area contributed by atoms with Gasteiger partial charge in [-0.15, -0.1) is 0 Å². The van der Waals surface area contributed by atoms with Crippen LogP contribution < -0.4 is 11.1 Å². The van der Waals surface area contributed by atoms with Crippen LogP contribution in [0, 0.1) is 0 Å². The number of aromatic nitrogens is 2. The van der Waals surface area contributed by atoms with E-state index in [4.69, 9.17) is 17.3 Å². The Bertz CT molecular complexity index is 575. The second kappa shape index (κ2) is 5.53. The number of nitrogens with two attached hydrogens (primary N) is 1. The molecule has 0 atom stereocenters. The summed E-state index contributed by atoms with van der Waals surface area (Å²) < 4.78 is 1.78. The highest BCUT2D eigenvalue weighted by Gasteiger charge is 2.15. The molecule has 0 bridgehead atoms. The fourth-order valence-corrected chi connectivity index (χ4v) is 2.22. The van der Waals surface area contributed by atoms with Gasteiger partial charge in [0.1, 0.15) is 5.82 Å². The molecule has 0 aliphatic rings. The second-order valence-electron chi connectivity index (χ2n) is 4.87. The van der Waals surface area contributed by atoms with Crippen molar-refractivity contribution in [2.75, 3.05) is 11.1 Å². The lowest BCUT2D eigenvalue weighted by Gasteiger charge is -2.09. The zero-order valence-corrected chi connectivity index (χ0v) is 12.2. The molecule has 0 saturated heterocycles. The smallest absolute Gasteiger partial charge is 0.148 e. The molecule has 0 spiro atoms. The Kier molecular flexibility index (Phi) is 4.00. The van der Waals surface area contributed by atoms with Gasteiger partial charge in [-0.1, -0.05) is 43.6 Å². The lowest BCUT2D eigenvalue weighted by Crippen LogP contribution is -2.06. The summed E-state index contributed by atoms with van der Waals surface area (Å²) >= 11 is 6.13. The first kappa shape index (κ1) is 13.7. The van der Waals surface area contributed by atoms with Gasteiger partial charge < -0.3 is 11.1 Å².